The molecule has 0 saturated carbocycles. The minimum Gasteiger partial charge on any atom is -0.493 e. The lowest BCUT2D eigenvalue weighted by atomic mass is 10.0. The molecule has 0 amide bonds. The van der Waals surface area contributed by atoms with Crippen molar-refractivity contribution in [2.45, 2.75) is 38.1 Å². The van der Waals surface area contributed by atoms with Crippen LogP contribution in [0.1, 0.15) is 28.8 Å². The van der Waals surface area contributed by atoms with Crippen LogP contribution in [0.25, 0.3) is 0 Å². The summed E-state index contributed by atoms with van der Waals surface area (Å²) in [4.78, 5) is 4.85. The molecule has 0 bridgehead atoms. The molecule has 2 aromatic rings. The van der Waals surface area contributed by atoms with Crippen LogP contribution in [0.5, 0.6) is 5.75 Å². The molecule has 0 N–H and O–H groups in total. The van der Waals surface area contributed by atoms with E-state index in [0.29, 0.717) is 6.04 Å². The zero-order valence-corrected chi connectivity index (χ0v) is 15.4. The van der Waals surface area contributed by atoms with Crippen LogP contribution in [0.3, 0.4) is 0 Å². The van der Waals surface area contributed by atoms with Gasteiger partial charge >= 0.3 is 0 Å². The number of ether oxygens (including phenoxy) is 1. The number of hydrogen-bond acceptors (Lipinski definition) is 5. The molecule has 2 aliphatic heterocycles. The molecule has 0 radical (unpaired) electrons. The van der Waals surface area contributed by atoms with E-state index in [1.54, 1.807) is 0 Å². The Balaban J connectivity index is 1.14. The number of benzene rings is 1. The van der Waals surface area contributed by atoms with Crippen LogP contribution in [-0.4, -0.2) is 54.4 Å². The van der Waals surface area contributed by atoms with E-state index in [1.165, 1.54) is 35.2 Å². The number of hydrogen-bond donors (Lipinski definition) is 0. The zero-order valence-electron chi connectivity index (χ0n) is 15.4. The number of rotatable bonds is 5. The molecular weight excluding hydrogens is 324 g/mol. The molecule has 0 spiro atoms. The summed E-state index contributed by atoms with van der Waals surface area (Å²) in [6, 6.07) is 9.55. The van der Waals surface area contributed by atoms with Crippen molar-refractivity contribution in [3.8, 4) is 5.75 Å². The number of aryl methyl sites for hydroxylation is 2. The molecule has 1 aliphatic carbocycles. The van der Waals surface area contributed by atoms with E-state index < -0.39 is 0 Å². The average Bonchev–Trinajstić information content (AvgIpc) is 3.26. The van der Waals surface area contributed by atoms with E-state index in [4.69, 9.17) is 4.74 Å². The first kappa shape index (κ1) is 16.1. The minimum absolute atomic E-state index is 0.614. The van der Waals surface area contributed by atoms with E-state index in [-0.39, 0.29) is 0 Å². The largest absolute Gasteiger partial charge is 0.493 e. The van der Waals surface area contributed by atoms with E-state index in [0.717, 1.165) is 57.1 Å². The summed E-state index contributed by atoms with van der Waals surface area (Å²) in [5.41, 5.74) is 5.41. The maximum atomic E-state index is 5.60. The van der Waals surface area contributed by atoms with Gasteiger partial charge in [-0.25, -0.2) is 0 Å². The van der Waals surface area contributed by atoms with Crippen molar-refractivity contribution < 1.29 is 4.74 Å². The van der Waals surface area contributed by atoms with Gasteiger partial charge in [-0.3, -0.25) is 4.90 Å². The number of anilines is 1. The Morgan fingerprint density at radius 3 is 2.96 bits per heavy atom. The molecule has 5 nitrogen and oxygen atoms in total. The highest BCUT2D eigenvalue weighted by molar-refractivity contribution is 5.45. The quantitative estimate of drug-likeness (QED) is 0.827. The molecule has 136 valence electrons. The van der Waals surface area contributed by atoms with Crippen molar-refractivity contribution in [1.29, 1.82) is 0 Å². The summed E-state index contributed by atoms with van der Waals surface area (Å²) in [6.07, 6.45) is 5.65. The van der Waals surface area contributed by atoms with Gasteiger partial charge in [-0.15, -0.1) is 5.10 Å². The maximum absolute atomic E-state index is 5.60. The Morgan fingerprint density at radius 1 is 1.12 bits per heavy atom. The van der Waals surface area contributed by atoms with E-state index in [1.807, 2.05) is 0 Å². The first-order chi connectivity index (χ1) is 12.8. The van der Waals surface area contributed by atoms with Crippen molar-refractivity contribution in [2.24, 2.45) is 0 Å². The van der Waals surface area contributed by atoms with Crippen LogP contribution in [0.2, 0.25) is 0 Å². The van der Waals surface area contributed by atoms with Gasteiger partial charge in [0.2, 0.25) is 0 Å². The molecule has 1 saturated heterocycles. The van der Waals surface area contributed by atoms with Gasteiger partial charge in [0.05, 0.1) is 12.3 Å². The molecular formula is C21H26N4O. The highest BCUT2D eigenvalue weighted by Crippen LogP contribution is 2.28. The topological polar surface area (TPSA) is 41.5 Å². The summed E-state index contributed by atoms with van der Waals surface area (Å²) in [6.45, 7) is 4.04. The Kier molecular flexibility index (Phi) is 4.04. The molecule has 3 heterocycles. The molecule has 0 unspecified atom stereocenters. The fourth-order valence-corrected chi connectivity index (χ4v) is 4.28. The van der Waals surface area contributed by atoms with Crippen LogP contribution < -0.4 is 9.64 Å². The summed E-state index contributed by atoms with van der Waals surface area (Å²) >= 11 is 0. The van der Waals surface area contributed by atoms with Gasteiger partial charge in [-0.1, -0.05) is 12.1 Å². The normalized spacial score (nSPS) is 18.6. The molecule has 1 aromatic heterocycles. The number of nitrogens with zero attached hydrogens (tertiary/aromatic N) is 4. The third-order valence-corrected chi connectivity index (χ3v) is 6.12. The molecule has 5 heteroatoms. The zero-order chi connectivity index (χ0) is 17.5. The standard InChI is InChI=1S/C21H26N4O/c1-24(9-7-15-5-6-20-17(11-15)8-10-26-20)18-13-25(14-18)21-12-16-3-2-4-19(16)22-23-21/h5-6,11-12,18H,2-4,7-10,13-14H2,1H3. The molecule has 26 heavy (non-hydrogen) atoms. The first-order valence-electron chi connectivity index (χ1n) is 9.81. The van der Waals surface area contributed by atoms with Crippen LogP contribution in [0.15, 0.2) is 24.3 Å². The SMILES string of the molecule is CN(CCc1ccc2c(c1)CCO2)C1CN(c2cc3c(nn2)CCC3)C1. The Bertz CT molecular complexity index is 813. The molecule has 1 aromatic carbocycles. The van der Waals surface area contributed by atoms with Crippen molar-refractivity contribution in [3.05, 3.63) is 46.6 Å². The van der Waals surface area contributed by atoms with E-state index in [9.17, 15) is 0 Å². The van der Waals surface area contributed by atoms with Crippen LogP contribution in [0, 0.1) is 0 Å². The molecule has 5 rings (SSSR count). The smallest absolute Gasteiger partial charge is 0.151 e. The van der Waals surface area contributed by atoms with Crippen molar-refractivity contribution in [1.82, 2.24) is 15.1 Å². The lowest BCUT2D eigenvalue weighted by molar-refractivity contribution is 0.206. The third kappa shape index (κ3) is 2.94. The van der Waals surface area contributed by atoms with Gasteiger partial charge in [0.1, 0.15) is 5.75 Å². The van der Waals surface area contributed by atoms with Gasteiger partial charge in [0, 0.05) is 32.1 Å². The van der Waals surface area contributed by atoms with Crippen molar-refractivity contribution in [3.63, 3.8) is 0 Å². The van der Waals surface area contributed by atoms with Crippen molar-refractivity contribution in [2.75, 3.05) is 38.2 Å². The summed E-state index contributed by atoms with van der Waals surface area (Å²) in [7, 11) is 2.24. The number of likely N-dealkylation sites (N-methyl/N-ethyl adjacent to an activating group) is 1. The Labute approximate surface area is 155 Å². The lowest BCUT2D eigenvalue weighted by Crippen LogP contribution is -2.59. The second kappa shape index (κ2) is 6.54. The molecule has 1 fully saturated rings. The lowest BCUT2D eigenvalue weighted by Gasteiger charge is -2.44. The first-order valence-corrected chi connectivity index (χ1v) is 9.81. The van der Waals surface area contributed by atoms with Gasteiger partial charge in [-0.05, 0) is 61.6 Å². The minimum atomic E-state index is 0.614. The predicted molar refractivity (Wildman–Crippen MR) is 102 cm³/mol. The Morgan fingerprint density at radius 2 is 2.04 bits per heavy atom. The van der Waals surface area contributed by atoms with Gasteiger partial charge in [0.15, 0.2) is 5.82 Å². The van der Waals surface area contributed by atoms with E-state index in [2.05, 4.69) is 51.3 Å². The van der Waals surface area contributed by atoms with Crippen LogP contribution in [0.4, 0.5) is 5.82 Å². The van der Waals surface area contributed by atoms with Gasteiger partial charge in [0.25, 0.3) is 0 Å². The Hall–Kier alpha value is -2.14. The second-order valence-electron chi connectivity index (χ2n) is 7.86. The van der Waals surface area contributed by atoms with Gasteiger partial charge < -0.3 is 9.64 Å². The monoisotopic (exact) mass is 350 g/mol. The molecule has 0 atom stereocenters. The highest BCUT2D eigenvalue weighted by atomic mass is 16.5. The maximum Gasteiger partial charge on any atom is 0.151 e. The van der Waals surface area contributed by atoms with E-state index >= 15 is 0 Å². The van der Waals surface area contributed by atoms with Gasteiger partial charge in [-0.2, -0.15) is 5.10 Å². The predicted octanol–water partition coefficient (Wildman–Crippen LogP) is 2.26. The summed E-state index contributed by atoms with van der Waals surface area (Å²) in [5, 5.41) is 8.86. The second-order valence-corrected chi connectivity index (χ2v) is 7.86. The van der Waals surface area contributed by atoms with Crippen LogP contribution >= 0.6 is 0 Å². The third-order valence-electron chi connectivity index (χ3n) is 6.12. The van der Waals surface area contributed by atoms with Crippen LogP contribution in [-0.2, 0) is 25.7 Å². The summed E-state index contributed by atoms with van der Waals surface area (Å²) in [5.74, 6) is 2.14. The summed E-state index contributed by atoms with van der Waals surface area (Å²) < 4.78 is 5.60. The highest BCUT2D eigenvalue weighted by Gasteiger charge is 2.31. The fourth-order valence-electron chi connectivity index (χ4n) is 4.28. The van der Waals surface area contributed by atoms with Crippen molar-refractivity contribution >= 4 is 5.82 Å². The number of aromatic nitrogens is 2. The average molecular weight is 350 g/mol. The number of fused-ring (bicyclic) bond motifs is 2. The fraction of sp³-hybridized carbons (Fsp3) is 0.524. The molecule has 3 aliphatic rings.